The smallest absolute Gasteiger partial charge is 0.219 e. The summed E-state index contributed by atoms with van der Waals surface area (Å²) < 4.78 is 6.37. The van der Waals surface area contributed by atoms with Gasteiger partial charge in [-0.2, -0.15) is 5.26 Å². The fraction of sp³-hybridized carbons (Fsp3) is 0. The standard InChI is InChI=1S/C12H6BrClN2O/c13-9-2-3-11(10(14)5-9)17-12-4-1-8(6-15)7-16-12/h1-5,7H. The van der Waals surface area contributed by atoms with Crippen LogP contribution in [-0.4, -0.2) is 4.98 Å². The van der Waals surface area contributed by atoms with Crippen LogP contribution in [0.1, 0.15) is 5.56 Å². The molecule has 0 radical (unpaired) electrons. The maximum absolute atomic E-state index is 8.64. The van der Waals surface area contributed by atoms with Gasteiger partial charge in [-0.1, -0.05) is 27.5 Å². The summed E-state index contributed by atoms with van der Waals surface area (Å²) in [5, 5.41) is 9.13. The molecule has 0 aliphatic heterocycles. The van der Waals surface area contributed by atoms with Crippen LogP contribution in [-0.2, 0) is 0 Å². The molecule has 0 atom stereocenters. The van der Waals surface area contributed by atoms with Crippen molar-refractivity contribution in [1.29, 1.82) is 5.26 Å². The van der Waals surface area contributed by atoms with Crippen molar-refractivity contribution in [3.05, 3.63) is 51.6 Å². The molecule has 3 nitrogen and oxygen atoms in total. The number of halogens is 2. The second-order valence-corrected chi connectivity index (χ2v) is 4.50. The normalized spacial score (nSPS) is 9.71. The number of benzene rings is 1. The van der Waals surface area contributed by atoms with Gasteiger partial charge in [-0.05, 0) is 24.3 Å². The SMILES string of the molecule is N#Cc1ccc(Oc2ccc(Br)cc2Cl)nc1. The van der Waals surface area contributed by atoms with E-state index in [0.29, 0.717) is 22.2 Å². The molecule has 2 aromatic rings. The zero-order valence-corrected chi connectivity index (χ0v) is 10.9. The number of ether oxygens (including phenoxy) is 1. The van der Waals surface area contributed by atoms with Gasteiger partial charge in [0, 0.05) is 16.7 Å². The lowest BCUT2D eigenvalue weighted by atomic mass is 10.3. The van der Waals surface area contributed by atoms with Crippen LogP contribution in [0, 0.1) is 11.3 Å². The minimum absolute atomic E-state index is 0.397. The average Bonchev–Trinajstić information content (AvgIpc) is 2.34. The van der Waals surface area contributed by atoms with Crippen LogP contribution in [0.25, 0.3) is 0 Å². The number of aromatic nitrogens is 1. The molecule has 5 heteroatoms. The van der Waals surface area contributed by atoms with E-state index in [1.54, 1.807) is 24.3 Å². The van der Waals surface area contributed by atoms with Crippen molar-refractivity contribution >= 4 is 27.5 Å². The quantitative estimate of drug-likeness (QED) is 0.836. The molecule has 1 aromatic heterocycles. The summed E-state index contributed by atoms with van der Waals surface area (Å²) in [5.74, 6) is 0.917. The lowest BCUT2D eigenvalue weighted by molar-refractivity contribution is 0.463. The molecule has 84 valence electrons. The van der Waals surface area contributed by atoms with E-state index in [2.05, 4.69) is 20.9 Å². The molecule has 0 aliphatic carbocycles. The van der Waals surface area contributed by atoms with Crippen LogP contribution in [0.4, 0.5) is 0 Å². The Hall–Kier alpha value is -1.57. The van der Waals surface area contributed by atoms with Crippen molar-refractivity contribution in [3.8, 4) is 17.7 Å². The third-order valence-corrected chi connectivity index (χ3v) is 2.76. The molecule has 0 saturated carbocycles. The fourth-order valence-electron chi connectivity index (χ4n) is 1.18. The molecular formula is C12H6BrClN2O. The van der Waals surface area contributed by atoms with Crippen molar-refractivity contribution < 1.29 is 4.74 Å². The highest BCUT2D eigenvalue weighted by atomic mass is 79.9. The van der Waals surface area contributed by atoms with Crippen LogP contribution < -0.4 is 4.74 Å². The van der Waals surface area contributed by atoms with Crippen molar-refractivity contribution in [2.24, 2.45) is 0 Å². The van der Waals surface area contributed by atoms with E-state index >= 15 is 0 Å². The van der Waals surface area contributed by atoms with Crippen molar-refractivity contribution in [2.45, 2.75) is 0 Å². The first-order valence-electron chi connectivity index (χ1n) is 4.68. The summed E-state index contributed by atoms with van der Waals surface area (Å²) in [4.78, 5) is 3.99. The second kappa shape index (κ2) is 5.17. The number of pyridine rings is 1. The molecule has 0 amide bonds. The Morgan fingerprint density at radius 3 is 2.71 bits per heavy atom. The Morgan fingerprint density at radius 1 is 1.29 bits per heavy atom. The summed E-state index contributed by atoms with van der Waals surface area (Å²) in [6.07, 6.45) is 1.45. The molecule has 1 aromatic carbocycles. The number of nitrogens with zero attached hydrogens (tertiary/aromatic N) is 2. The summed E-state index contributed by atoms with van der Waals surface area (Å²) in [5.41, 5.74) is 0.485. The van der Waals surface area contributed by atoms with Crippen LogP contribution >= 0.6 is 27.5 Å². The van der Waals surface area contributed by atoms with Gasteiger partial charge in [-0.15, -0.1) is 0 Å². The van der Waals surface area contributed by atoms with Crippen LogP contribution in [0.3, 0.4) is 0 Å². The van der Waals surface area contributed by atoms with Crippen LogP contribution in [0.5, 0.6) is 11.6 Å². The van der Waals surface area contributed by atoms with Gasteiger partial charge >= 0.3 is 0 Å². The predicted octanol–water partition coefficient (Wildman–Crippen LogP) is 4.16. The van der Waals surface area contributed by atoms with Crippen molar-refractivity contribution in [2.75, 3.05) is 0 Å². The maximum atomic E-state index is 8.64. The molecule has 0 unspecified atom stereocenters. The summed E-state index contributed by atoms with van der Waals surface area (Å²) in [6, 6.07) is 10.5. The molecule has 0 saturated heterocycles. The molecule has 1 heterocycles. The van der Waals surface area contributed by atoms with E-state index in [1.807, 2.05) is 12.1 Å². The van der Waals surface area contributed by atoms with E-state index in [9.17, 15) is 0 Å². The minimum atomic E-state index is 0.397. The first kappa shape index (κ1) is 11.9. The van der Waals surface area contributed by atoms with E-state index in [1.165, 1.54) is 6.20 Å². The molecule has 17 heavy (non-hydrogen) atoms. The number of hydrogen-bond donors (Lipinski definition) is 0. The Bertz CT molecular complexity index is 578. The Labute approximate surface area is 112 Å². The number of rotatable bonds is 2. The summed E-state index contributed by atoms with van der Waals surface area (Å²) in [7, 11) is 0. The van der Waals surface area contributed by atoms with Gasteiger partial charge in [-0.3, -0.25) is 0 Å². The van der Waals surface area contributed by atoms with Gasteiger partial charge < -0.3 is 4.74 Å². The van der Waals surface area contributed by atoms with Crippen molar-refractivity contribution in [1.82, 2.24) is 4.98 Å². The van der Waals surface area contributed by atoms with Gasteiger partial charge in [0.2, 0.25) is 5.88 Å². The second-order valence-electron chi connectivity index (χ2n) is 3.17. The Morgan fingerprint density at radius 2 is 2.12 bits per heavy atom. The molecule has 0 N–H and O–H groups in total. The van der Waals surface area contributed by atoms with E-state index < -0.39 is 0 Å². The van der Waals surface area contributed by atoms with Gasteiger partial charge in [0.15, 0.2) is 0 Å². The fourth-order valence-corrected chi connectivity index (χ4v) is 1.89. The Balaban J connectivity index is 2.23. The number of nitriles is 1. The molecule has 0 spiro atoms. The molecule has 0 fully saturated rings. The van der Waals surface area contributed by atoms with Gasteiger partial charge in [0.25, 0.3) is 0 Å². The highest BCUT2D eigenvalue weighted by Gasteiger charge is 2.04. The zero-order chi connectivity index (χ0) is 12.3. The molecule has 2 rings (SSSR count). The summed E-state index contributed by atoms with van der Waals surface area (Å²) >= 11 is 9.31. The minimum Gasteiger partial charge on any atom is -0.437 e. The lowest BCUT2D eigenvalue weighted by Crippen LogP contribution is -1.89. The zero-order valence-electron chi connectivity index (χ0n) is 8.52. The first-order chi connectivity index (χ1) is 8.19. The van der Waals surface area contributed by atoms with Crippen molar-refractivity contribution in [3.63, 3.8) is 0 Å². The monoisotopic (exact) mass is 308 g/mol. The molecular weight excluding hydrogens is 304 g/mol. The highest BCUT2D eigenvalue weighted by Crippen LogP contribution is 2.30. The average molecular weight is 310 g/mol. The van der Waals surface area contributed by atoms with Gasteiger partial charge in [0.05, 0.1) is 10.6 Å². The van der Waals surface area contributed by atoms with E-state index in [0.717, 1.165) is 4.47 Å². The first-order valence-corrected chi connectivity index (χ1v) is 5.85. The topological polar surface area (TPSA) is 45.9 Å². The third-order valence-electron chi connectivity index (χ3n) is 1.97. The van der Waals surface area contributed by atoms with E-state index in [4.69, 9.17) is 21.6 Å². The Kier molecular flexibility index (Phi) is 3.62. The molecule has 0 bridgehead atoms. The number of hydrogen-bond acceptors (Lipinski definition) is 3. The van der Waals surface area contributed by atoms with Gasteiger partial charge in [0.1, 0.15) is 11.8 Å². The molecule has 0 aliphatic rings. The van der Waals surface area contributed by atoms with Crippen LogP contribution in [0.2, 0.25) is 5.02 Å². The largest absolute Gasteiger partial charge is 0.437 e. The lowest BCUT2D eigenvalue weighted by Gasteiger charge is -2.06. The highest BCUT2D eigenvalue weighted by molar-refractivity contribution is 9.10. The van der Waals surface area contributed by atoms with E-state index in [-0.39, 0.29) is 0 Å². The van der Waals surface area contributed by atoms with Crippen LogP contribution in [0.15, 0.2) is 41.0 Å². The van der Waals surface area contributed by atoms with Gasteiger partial charge in [-0.25, -0.2) is 4.98 Å². The summed E-state index contributed by atoms with van der Waals surface area (Å²) in [6.45, 7) is 0. The predicted molar refractivity (Wildman–Crippen MR) is 68.2 cm³/mol. The maximum Gasteiger partial charge on any atom is 0.219 e. The third kappa shape index (κ3) is 2.96.